The second-order valence-electron chi connectivity index (χ2n) is 5.56. The van der Waals surface area contributed by atoms with Gasteiger partial charge in [0.15, 0.2) is 0 Å². The Morgan fingerprint density at radius 1 is 1.35 bits per heavy atom. The zero-order valence-corrected chi connectivity index (χ0v) is 12.3. The Labute approximate surface area is 120 Å². The third kappa shape index (κ3) is 3.38. The minimum atomic E-state index is -0.782. The van der Waals surface area contributed by atoms with Gasteiger partial charge >= 0.3 is 0 Å². The lowest BCUT2D eigenvalue weighted by atomic mass is 9.90. The van der Waals surface area contributed by atoms with Crippen molar-refractivity contribution in [2.75, 3.05) is 13.2 Å². The van der Waals surface area contributed by atoms with Crippen molar-refractivity contribution in [1.29, 1.82) is 0 Å². The summed E-state index contributed by atoms with van der Waals surface area (Å²) in [6.07, 6.45) is 2.19. The Morgan fingerprint density at radius 3 is 2.50 bits per heavy atom. The molecule has 1 unspecified atom stereocenters. The number of hydrogen-bond donors (Lipinski definition) is 2. The van der Waals surface area contributed by atoms with Crippen LogP contribution in [0.1, 0.15) is 43.9 Å². The zero-order valence-electron chi connectivity index (χ0n) is 12.3. The van der Waals surface area contributed by atoms with Crippen LogP contribution in [0.25, 0.3) is 0 Å². The summed E-state index contributed by atoms with van der Waals surface area (Å²) >= 11 is 0. The molecule has 1 heterocycles. The molecule has 110 valence electrons. The van der Waals surface area contributed by atoms with Gasteiger partial charge < -0.3 is 15.8 Å². The number of benzene rings is 1. The van der Waals surface area contributed by atoms with E-state index >= 15 is 0 Å². The number of rotatable bonds is 4. The van der Waals surface area contributed by atoms with E-state index in [2.05, 4.69) is 36.5 Å². The second kappa shape index (κ2) is 6.37. The summed E-state index contributed by atoms with van der Waals surface area (Å²) in [4.78, 5) is 12.3. The lowest BCUT2D eigenvalue weighted by molar-refractivity contribution is -0.130. The molecule has 1 aromatic carbocycles. The van der Waals surface area contributed by atoms with E-state index in [1.54, 1.807) is 0 Å². The van der Waals surface area contributed by atoms with Gasteiger partial charge in [-0.25, -0.2) is 0 Å². The third-order valence-corrected chi connectivity index (χ3v) is 4.07. The molecule has 1 aliphatic rings. The molecule has 0 spiro atoms. The maximum atomic E-state index is 12.3. The van der Waals surface area contributed by atoms with Gasteiger partial charge in [0.05, 0.1) is 11.6 Å². The molecule has 1 saturated heterocycles. The highest BCUT2D eigenvalue weighted by Crippen LogP contribution is 2.20. The summed E-state index contributed by atoms with van der Waals surface area (Å²) in [5, 5.41) is 3.02. The van der Waals surface area contributed by atoms with Crippen LogP contribution in [0.3, 0.4) is 0 Å². The molecule has 4 heteroatoms. The molecule has 0 aliphatic carbocycles. The van der Waals surface area contributed by atoms with Gasteiger partial charge in [-0.1, -0.05) is 31.2 Å². The predicted molar refractivity (Wildman–Crippen MR) is 79.3 cm³/mol. The SMILES string of the molecule is CCc1ccc(C(C)NC(=O)C2(N)CCOCC2)cc1. The van der Waals surface area contributed by atoms with Crippen LogP contribution in [0.15, 0.2) is 24.3 Å². The fourth-order valence-electron chi connectivity index (χ4n) is 2.43. The van der Waals surface area contributed by atoms with Crippen LogP contribution in [0.4, 0.5) is 0 Å². The topological polar surface area (TPSA) is 64.4 Å². The van der Waals surface area contributed by atoms with Gasteiger partial charge in [0.2, 0.25) is 5.91 Å². The average molecular weight is 276 g/mol. The van der Waals surface area contributed by atoms with Crippen LogP contribution in [-0.4, -0.2) is 24.7 Å². The lowest BCUT2D eigenvalue weighted by Crippen LogP contribution is -2.57. The third-order valence-electron chi connectivity index (χ3n) is 4.07. The van der Waals surface area contributed by atoms with E-state index in [-0.39, 0.29) is 11.9 Å². The van der Waals surface area contributed by atoms with Gasteiger partial charge in [-0.3, -0.25) is 4.79 Å². The Morgan fingerprint density at radius 2 is 1.95 bits per heavy atom. The van der Waals surface area contributed by atoms with Crippen LogP contribution in [0.2, 0.25) is 0 Å². The molecule has 4 nitrogen and oxygen atoms in total. The molecule has 20 heavy (non-hydrogen) atoms. The first kappa shape index (κ1) is 15.0. The Kier molecular flexibility index (Phi) is 4.78. The van der Waals surface area contributed by atoms with E-state index in [1.165, 1.54) is 5.56 Å². The molecule has 0 radical (unpaired) electrons. The fourth-order valence-corrected chi connectivity index (χ4v) is 2.43. The summed E-state index contributed by atoms with van der Waals surface area (Å²) in [5.74, 6) is -0.0760. The minimum absolute atomic E-state index is 0.0309. The van der Waals surface area contributed by atoms with Crippen molar-refractivity contribution in [3.05, 3.63) is 35.4 Å². The second-order valence-corrected chi connectivity index (χ2v) is 5.56. The first-order chi connectivity index (χ1) is 9.55. The maximum absolute atomic E-state index is 12.3. The van der Waals surface area contributed by atoms with Crippen molar-refractivity contribution in [2.24, 2.45) is 5.73 Å². The van der Waals surface area contributed by atoms with Crippen LogP contribution >= 0.6 is 0 Å². The first-order valence-corrected chi connectivity index (χ1v) is 7.31. The van der Waals surface area contributed by atoms with E-state index in [0.717, 1.165) is 12.0 Å². The Balaban J connectivity index is 1.99. The molecule has 1 aromatic rings. The van der Waals surface area contributed by atoms with Crippen molar-refractivity contribution >= 4 is 5.91 Å². The molecular formula is C16H24N2O2. The van der Waals surface area contributed by atoms with Gasteiger partial charge in [0.1, 0.15) is 0 Å². The number of carbonyl (C=O) groups is 1. The standard InChI is InChI=1S/C16H24N2O2/c1-3-13-4-6-14(7-5-13)12(2)18-15(19)16(17)8-10-20-11-9-16/h4-7,12H,3,8-11,17H2,1-2H3,(H,18,19). The van der Waals surface area contributed by atoms with Crippen molar-refractivity contribution in [2.45, 2.75) is 44.7 Å². The summed E-state index contributed by atoms with van der Waals surface area (Å²) in [6.45, 7) is 5.23. The molecule has 0 aromatic heterocycles. The van der Waals surface area contributed by atoms with Crippen LogP contribution in [-0.2, 0) is 16.0 Å². The van der Waals surface area contributed by atoms with Gasteiger partial charge in [-0.2, -0.15) is 0 Å². The smallest absolute Gasteiger partial charge is 0.240 e. The monoisotopic (exact) mass is 276 g/mol. The fraction of sp³-hybridized carbons (Fsp3) is 0.562. The van der Waals surface area contributed by atoms with Gasteiger partial charge in [-0.05, 0) is 37.3 Å². The lowest BCUT2D eigenvalue weighted by Gasteiger charge is -2.33. The minimum Gasteiger partial charge on any atom is -0.381 e. The van der Waals surface area contributed by atoms with E-state index in [1.807, 2.05) is 6.92 Å². The predicted octanol–water partition coefficient (Wildman–Crippen LogP) is 1.93. The Bertz CT molecular complexity index is 450. The van der Waals surface area contributed by atoms with Crippen molar-refractivity contribution in [1.82, 2.24) is 5.32 Å². The highest BCUT2D eigenvalue weighted by molar-refractivity contribution is 5.86. The summed E-state index contributed by atoms with van der Waals surface area (Å²) < 4.78 is 5.27. The zero-order chi connectivity index (χ0) is 14.6. The Hall–Kier alpha value is -1.39. The van der Waals surface area contributed by atoms with Crippen molar-refractivity contribution in [3.8, 4) is 0 Å². The number of hydrogen-bond acceptors (Lipinski definition) is 3. The molecule has 1 fully saturated rings. The number of aryl methyl sites for hydroxylation is 1. The molecular weight excluding hydrogens is 252 g/mol. The number of carbonyl (C=O) groups excluding carboxylic acids is 1. The van der Waals surface area contributed by atoms with Crippen LogP contribution < -0.4 is 11.1 Å². The number of amides is 1. The number of nitrogens with two attached hydrogens (primary N) is 1. The average Bonchev–Trinajstić information content (AvgIpc) is 2.48. The van der Waals surface area contributed by atoms with Crippen molar-refractivity contribution in [3.63, 3.8) is 0 Å². The highest BCUT2D eigenvalue weighted by atomic mass is 16.5. The van der Waals surface area contributed by atoms with E-state index in [9.17, 15) is 4.79 Å². The van der Waals surface area contributed by atoms with Crippen LogP contribution in [0, 0.1) is 0 Å². The molecule has 1 amide bonds. The van der Waals surface area contributed by atoms with E-state index in [4.69, 9.17) is 10.5 Å². The van der Waals surface area contributed by atoms with E-state index < -0.39 is 5.54 Å². The van der Waals surface area contributed by atoms with Gasteiger partial charge in [-0.15, -0.1) is 0 Å². The van der Waals surface area contributed by atoms with Crippen molar-refractivity contribution < 1.29 is 9.53 Å². The molecule has 0 bridgehead atoms. The van der Waals surface area contributed by atoms with Gasteiger partial charge in [0, 0.05) is 13.2 Å². The van der Waals surface area contributed by atoms with Crippen LogP contribution in [0.5, 0.6) is 0 Å². The summed E-state index contributed by atoms with van der Waals surface area (Å²) in [5.41, 5.74) is 7.80. The quantitative estimate of drug-likeness (QED) is 0.883. The number of ether oxygens (including phenoxy) is 1. The maximum Gasteiger partial charge on any atom is 0.240 e. The molecule has 1 aliphatic heterocycles. The first-order valence-electron chi connectivity index (χ1n) is 7.31. The molecule has 2 rings (SSSR count). The molecule has 0 saturated carbocycles. The normalized spacial score (nSPS) is 19.4. The largest absolute Gasteiger partial charge is 0.381 e. The number of nitrogens with one attached hydrogen (secondary N) is 1. The summed E-state index contributed by atoms with van der Waals surface area (Å²) in [7, 11) is 0. The summed E-state index contributed by atoms with van der Waals surface area (Å²) in [6, 6.07) is 8.31. The molecule has 1 atom stereocenters. The molecule has 3 N–H and O–H groups in total. The van der Waals surface area contributed by atoms with E-state index in [0.29, 0.717) is 26.1 Å². The highest BCUT2D eigenvalue weighted by Gasteiger charge is 2.36. The van der Waals surface area contributed by atoms with Gasteiger partial charge in [0.25, 0.3) is 0 Å².